The molecule has 122 valence electrons. The monoisotopic (exact) mass is 299 g/mol. The van der Waals surface area contributed by atoms with Crippen LogP contribution in [0.5, 0.6) is 0 Å². The van der Waals surface area contributed by atoms with Crippen LogP contribution >= 0.6 is 0 Å². The fourth-order valence-electron chi connectivity index (χ4n) is 3.69. The molecule has 0 aromatic carbocycles. The maximum absolute atomic E-state index is 12.0. The van der Waals surface area contributed by atoms with Crippen molar-refractivity contribution in [1.82, 2.24) is 4.90 Å². The zero-order valence-electron chi connectivity index (χ0n) is 13.7. The fourth-order valence-corrected chi connectivity index (χ4v) is 3.69. The van der Waals surface area contributed by atoms with Crippen molar-refractivity contribution in [3.63, 3.8) is 0 Å². The van der Waals surface area contributed by atoms with E-state index in [1.807, 2.05) is 20.8 Å². The van der Waals surface area contributed by atoms with Crippen LogP contribution in [0.1, 0.15) is 53.4 Å². The number of aliphatic hydroxyl groups excluding tert-OH is 1. The van der Waals surface area contributed by atoms with Crippen LogP contribution in [0, 0.1) is 11.3 Å². The third-order valence-electron chi connectivity index (χ3n) is 4.90. The number of hydrogen-bond donors (Lipinski definition) is 2. The summed E-state index contributed by atoms with van der Waals surface area (Å²) in [5.74, 6) is 0.461. The minimum atomic E-state index is -0.863. The summed E-state index contributed by atoms with van der Waals surface area (Å²) in [7, 11) is 0. The molecule has 2 rings (SSSR count). The minimum Gasteiger partial charge on any atom is -0.444 e. The lowest BCUT2D eigenvalue weighted by atomic mass is 9.59. The number of amides is 1. The van der Waals surface area contributed by atoms with E-state index in [1.54, 1.807) is 4.90 Å². The van der Waals surface area contributed by atoms with E-state index in [9.17, 15) is 15.0 Å². The first-order chi connectivity index (χ1) is 9.61. The first-order valence-corrected chi connectivity index (χ1v) is 7.92. The summed E-state index contributed by atoms with van der Waals surface area (Å²) in [6.07, 6.45) is 3.15. The molecule has 2 atom stereocenters. The van der Waals surface area contributed by atoms with Gasteiger partial charge < -0.3 is 19.8 Å². The van der Waals surface area contributed by atoms with Crippen LogP contribution in [0.25, 0.3) is 0 Å². The topological polar surface area (TPSA) is 70.0 Å². The summed E-state index contributed by atoms with van der Waals surface area (Å²) in [6.45, 7) is 8.30. The minimum absolute atomic E-state index is 0.0878. The Labute approximate surface area is 127 Å². The van der Waals surface area contributed by atoms with E-state index in [1.165, 1.54) is 0 Å². The molecule has 2 unspecified atom stereocenters. The molecule has 0 bridgehead atoms. The van der Waals surface area contributed by atoms with E-state index in [0.717, 1.165) is 12.8 Å². The van der Waals surface area contributed by atoms with E-state index in [0.29, 0.717) is 31.8 Å². The van der Waals surface area contributed by atoms with Crippen LogP contribution in [0.2, 0.25) is 0 Å². The Morgan fingerprint density at radius 2 is 2.00 bits per heavy atom. The standard InChI is InChI=1S/C16H29NO4/c1-12-6-5-7-16(20,8-12)15(11-18)9-17(10-15)13(19)21-14(2,3)4/h12,18,20H,5-11H2,1-4H3. The Kier molecular flexibility index (Phi) is 4.28. The van der Waals surface area contributed by atoms with Gasteiger partial charge in [-0.05, 0) is 39.5 Å². The first kappa shape index (κ1) is 16.6. The van der Waals surface area contributed by atoms with Crippen molar-refractivity contribution < 1.29 is 19.7 Å². The number of nitrogens with zero attached hydrogens (tertiary/aromatic N) is 1. The van der Waals surface area contributed by atoms with Crippen molar-refractivity contribution in [1.29, 1.82) is 0 Å². The molecule has 1 amide bonds. The van der Waals surface area contributed by atoms with Gasteiger partial charge in [-0.15, -0.1) is 0 Å². The Hall–Kier alpha value is -0.810. The second kappa shape index (κ2) is 5.43. The van der Waals surface area contributed by atoms with Gasteiger partial charge in [0.2, 0.25) is 0 Å². The zero-order valence-corrected chi connectivity index (χ0v) is 13.7. The van der Waals surface area contributed by atoms with Gasteiger partial charge >= 0.3 is 6.09 Å². The largest absolute Gasteiger partial charge is 0.444 e. The number of rotatable bonds is 2. The van der Waals surface area contributed by atoms with E-state index < -0.39 is 16.6 Å². The van der Waals surface area contributed by atoms with Gasteiger partial charge in [0.25, 0.3) is 0 Å². The van der Waals surface area contributed by atoms with E-state index in [-0.39, 0.29) is 12.7 Å². The maximum Gasteiger partial charge on any atom is 0.410 e. The van der Waals surface area contributed by atoms with Gasteiger partial charge in [-0.2, -0.15) is 0 Å². The highest BCUT2D eigenvalue weighted by molar-refractivity contribution is 5.69. The van der Waals surface area contributed by atoms with Gasteiger partial charge in [0.1, 0.15) is 5.60 Å². The van der Waals surface area contributed by atoms with Gasteiger partial charge in [0, 0.05) is 13.1 Å². The van der Waals surface area contributed by atoms with Crippen LogP contribution < -0.4 is 0 Å². The van der Waals surface area contributed by atoms with Crippen molar-refractivity contribution in [3.8, 4) is 0 Å². The Bertz CT molecular complexity index is 398. The number of aliphatic hydroxyl groups is 2. The van der Waals surface area contributed by atoms with Gasteiger partial charge in [-0.1, -0.05) is 19.8 Å². The quantitative estimate of drug-likeness (QED) is 0.820. The van der Waals surface area contributed by atoms with Crippen molar-refractivity contribution in [2.24, 2.45) is 11.3 Å². The lowest BCUT2D eigenvalue weighted by Gasteiger charge is -2.58. The van der Waals surface area contributed by atoms with Crippen molar-refractivity contribution >= 4 is 6.09 Å². The third-order valence-corrected chi connectivity index (χ3v) is 4.90. The molecule has 5 heteroatoms. The number of carbonyl (C=O) groups excluding carboxylic acids is 1. The number of ether oxygens (including phenoxy) is 1. The molecular formula is C16H29NO4. The molecular weight excluding hydrogens is 270 g/mol. The van der Waals surface area contributed by atoms with Crippen molar-refractivity contribution in [2.75, 3.05) is 19.7 Å². The normalized spacial score (nSPS) is 32.5. The molecule has 1 heterocycles. The Morgan fingerprint density at radius 1 is 1.38 bits per heavy atom. The highest BCUT2D eigenvalue weighted by Gasteiger charge is 2.59. The number of carbonyl (C=O) groups is 1. The molecule has 1 saturated heterocycles. The van der Waals surface area contributed by atoms with Crippen LogP contribution in [-0.4, -0.2) is 52.1 Å². The number of likely N-dealkylation sites (tertiary alicyclic amines) is 1. The van der Waals surface area contributed by atoms with E-state index in [4.69, 9.17) is 4.74 Å². The fraction of sp³-hybridized carbons (Fsp3) is 0.938. The highest BCUT2D eigenvalue weighted by atomic mass is 16.6. The zero-order chi connectivity index (χ0) is 15.9. The average Bonchev–Trinajstić information content (AvgIpc) is 2.24. The molecule has 2 aliphatic rings. The molecule has 2 N–H and O–H groups in total. The lowest BCUT2D eigenvalue weighted by molar-refractivity contribution is -0.195. The molecule has 21 heavy (non-hydrogen) atoms. The van der Waals surface area contributed by atoms with Gasteiger partial charge in [0.15, 0.2) is 0 Å². The molecule has 0 radical (unpaired) electrons. The molecule has 2 fully saturated rings. The summed E-state index contributed by atoms with van der Waals surface area (Å²) in [4.78, 5) is 13.6. The average molecular weight is 299 g/mol. The Balaban J connectivity index is 2.02. The summed E-state index contributed by atoms with van der Waals surface area (Å²) in [5.41, 5.74) is -1.97. The molecule has 1 aliphatic heterocycles. The molecule has 1 aliphatic carbocycles. The molecule has 0 spiro atoms. The second-order valence-corrected chi connectivity index (χ2v) is 8.01. The maximum atomic E-state index is 12.0. The van der Waals surface area contributed by atoms with Crippen LogP contribution in [-0.2, 0) is 4.74 Å². The molecule has 0 aromatic heterocycles. The summed E-state index contributed by atoms with van der Waals surface area (Å²) in [5, 5.41) is 20.8. The smallest absolute Gasteiger partial charge is 0.410 e. The summed E-state index contributed by atoms with van der Waals surface area (Å²) in [6, 6.07) is 0. The highest BCUT2D eigenvalue weighted by Crippen LogP contribution is 2.49. The van der Waals surface area contributed by atoms with Crippen molar-refractivity contribution in [3.05, 3.63) is 0 Å². The lowest BCUT2D eigenvalue weighted by Crippen LogP contribution is -2.71. The predicted octanol–water partition coefficient (Wildman–Crippen LogP) is 2.16. The van der Waals surface area contributed by atoms with Gasteiger partial charge in [-0.3, -0.25) is 0 Å². The molecule has 5 nitrogen and oxygen atoms in total. The predicted molar refractivity (Wildman–Crippen MR) is 79.9 cm³/mol. The SMILES string of the molecule is CC1CCCC(O)(C2(CO)CN(C(=O)OC(C)(C)C)C2)C1. The Morgan fingerprint density at radius 3 is 2.48 bits per heavy atom. The third kappa shape index (κ3) is 3.19. The van der Waals surface area contributed by atoms with E-state index >= 15 is 0 Å². The van der Waals surface area contributed by atoms with Gasteiger partial charge in [0.05, 0.1) is 17.6 Å². The van der Waals surface area contributed by atoms with E-state index in [2.05, 4.69) is 6.92 Å². The number of hydrogen-bond acceptors (Lipinski definition) is 4. The van der Waals surface area contributed by atoms with Gasteiger partial charge in [-0.25, -0.2) is 4.79 Å². The van der Waals surface area contributed by atoms with Crippen LogP contribution in [0.3, 0.4) is 0 Å². The van der Waals surface area contributed by atoms with Crippen molar-refractivity contribution in [2.45, 2.75) is 64.6 Å². The summed E-state index contributed by atoms with van der Waals surface area (Å²) < 4.78 is 5.34. The first-order valence-electron chi connectivity index (χ1n) is 7.92. The molecule has 0 aromatic rings. The van der Waals surface area contributed by atoms with Crippen LogP contribution in [0.4, 0.5) is 4.79 Å². The second-order valence-electron chi connectivity index (χ2n) is 8.01. The summed E-state index contributed by atoms with van der Waals surface area (Å²) >= 11 is 0. The van der Waals surface area contributed by atoms with Crippen LogP contribution in [0.15, 0.2) is 0 Å². The molecule has 1 saturated carbocycles.